The van der Waals surface area contributed by atoms with Crippen LogP contribution < -0.4 is 0 Å². The van der Waals surface area contributed by atoms with Crippen molar-refractivity contribution < 1.29 is 67.2 Å². The maximum absolute atomic E-state index is 11.7. The van der Waals surface area contributed by atoms with E-state index in [1.165, 1.54) is 0 Å². The second kappa shape index (κ2) is 20.5. The number of esters is 3. The molecule has 0 aliphatic heterocycles. The molecular weight excluding hydrogens is 531 g/mol. The van der Waals surface area contributed by atoms with Crippen LogP contribution in [0, 0.1) is 5.41 Å². The molecular formula is C23H39O14P. The largest absolute Gasteiger partial charge is 0.466 e. The zero-order valence-corrected chi connectivity index (χ0v) is 22.9. The van der Waals surface area contributed by atoms with Gasteiger partial charge in [-0.25, -0.2) is 18.9 Å². The van der Waals surface area contributed by atoms with Crippen molar-refractivity contribution >= 4 is 25.7 Å². The van der Waals surface area contributed by atoms with Crippen molar-refractivity contribution in [1.82, 2.24) is 0 Å². The zero-order chi connectivity index (χ0) is 29.8. The van der Waals surface area contributed by atoms with Crippen molar-refractivity contribution in [2.45, 2.75) is 20.8 Å². The first-order valence-corrected chi connectivity index (χ1v) is 12.9. The molecule has 0 aromatic carbocycles. The topological polar surface area (TPSA) is 205 Å². The molecule has 0 heterocycles. The highest BCUT2D eigenvalue weighted by atomic mass is 31.2. The van der Waals surface area contributed by atoms with Gasteiger partial charge in [-0.05, 0) is 20.8 Å². The summed E-state index contributed by atoms with van der Waals surface area (Å²) in [5, 5.41) is 10.1. The van der Waals surface area contributed by atoms with Gasteiger partial charge in [0.1, 0.15) is 0 Å². The Kier molecular flexibility index (Phi) is 20.4. The predicted molar refractivity (Wildman–Crippen MR) is 134 cm³/mol. The van der Waals surface area contributed by atoms with Gasteiger partial charge in [0.25, 0.3) is 0 Å². The molecule has 0 fully saturated rings. The molecule has 0 atom stereocenters. The van der Waals surface area contributed by atoms with Gasteiger partial charge in [0.05, 0.1) is 88.2 Å². The molecule has 0 saturated heterocycles. The summed E-state index contributed by atoms with van der Waals surface area (Å²) in [7, 11) is -4.64. The molecule has 0 aliphatic carbocycles. The third kappa shape index (κ3) is 19.7. The third-order valence-electron chi connectivity index (χ3n) is 4.08. The van der Waals surface area contributed by atoms with Crippen molar-refractivity contribution in [2.75, 3.05) is 66.1 Å². The van der Waals surface area contributed by atoms with Crippen molar-refractivity contribution in [2.24, 2.45) is 5.41 Å². The number of carbonyl (C=O) groups excluding carboxylic acids is 3. The molecule has 14 nitrogen and oxygen atoms in total. The second-order valence-corrected chi connectivity index (χ2v) is 8.65. The molecule has 38 heavy (non-hydrogen) atoms. The standard InChI is InChI=1S/C23H36O10.H3O4P/c1-7-31-20(25)17(4)10-28-14-23(13-24,15-29-11-18(5)21(26)32-8-2)16-30-12-19(6)22(27)33-9-3;1-5(2,3)4/h24H,4-16H2,1-3H3;(H3,1,2,3,4). The van der Waals surface area contributed by atoms with Gasteiger partial charge in [0.2, 0.25) is 0 Å². The van der Waals surface area contributed by atoms with Crippen molar-refractivity contribution in [3.63, 3.8) is 0 Å². The van der Waals surface area contributed by atoms with Gasteiger partial charge in [0.15, 0.2) is 0 Å². The van der Waals surface area contributed by atoms with Gasteiger partial charge < -0.3 is 48.2 Å². The number of hydrogen-bond donors (Lipinski definition) is 4. The molecule has 0 radical (unpaired) electrons. The van der Waals surface area contributed by atoms with E-state index in [9.17, 15) is 19.5 Å². The van der Waals surface area contributed by atoms with Gasteiger partial charge in [-0.15, -0.1) is 0 Å². The molecule has 0 spiro atoms. The number of aliphatic hydroxyl groups excluding tert-OH is 1. The van der Waals surface area contributed by atoms with Crippen LogP contribution in [-0.2, 0) is 47.4 Å². The van der Waals surface area contributed by atoms with Gasteiger partial charge >= 0.3 is 25.7 Å². The highest BCUT2D eigenvalue weighted by Crippen LogP contribution is 2.25. The molecule has 0 unspecified atom stereocenters. The predicted octanol–water partition coefficient (Wildman–Crippen LogP) is 0.444. The van der Waals surface area contributed by atoms with Crippen molar-refractivity contribution in [3.8, 4) is 0 Å². The summed E-state index contributed by atoms with van der Waals surface area (Å²) >= 11 is 0. The molecule has 0 amide bonds. The lowest BCUT2D eigenvalue weighted by Gasteiger charge is -2.31. The minimum atomic E-state index is -4.64. The van der Waals surface area contributed by atoms with Crippen molar-refractivity contribution in [1.29, 1.82) is 0 Å². The number of hydrogen-bond acceptors (Lipinski definition) is 11. The van der Waals surface area contributed by atoms with E-state index >= 15 is 0 Å². The Morgan fingerprint density at radius 2 is 0.895 bits per heavy atom. The number of phosphoric acid groups is 1. The van der Waals surface area contributed by atoms with Crippen LogP contribution in [0.3, 0.4) is 0 Å². The smallest absolute Gasteiger partial charge is 0.463 e. The normalized spacial score (nSPS) is 11.0. The SMILES string of the molecule is C=C(COCC(CO)(COCC(=C)C(=O)OCC)COCC(=C)C(=O)OCC)C(=O)OCC.O=P(O)(O)O. The molecule has 4 N–H and O–H groups in total. The number of carbonyl (C=O) groups is 3. The lowest BCUT2D eigenvalue weighted by Crippen LogP contribution is -2.41. The van der Waals surface area contributed by atoms with Gasteiger partial charge in [-0.2, -0.15) is 0 Å². The summed E-state index contributed by atoms with van der Waals surface area (Å²) in [6.07, 6.45) is 0. The molecule has 220 valence electrons. The fraction of sp³-hybridized carbons (Fsp3) is 0.609. The lowest BCUT2D eigenvalue weighted by atomic mass is 9.92. The van der Waals surface area contributed by atoms with E-state index < -0.39 is 37.8 Å². The molecule has 0 bridgehead atoms. The molecule has 15 heteroatoms. The molecule has 0 rings (SSSR count). The average molecular weight is 571 g/mol. The van der Waals surface area contributed by atoms with E-state index in [1.54, 1.807) is 20.8 Å². The Morgan fingerprint density at radius 3 is 1.08 bits per heavy atom. The van der Waals surface area contributed by atoms with Crippen LogP contribution >= 0.6 is 7.82 Å². The number of aliphatic hydroxyl groups is 1. The summed E-state index contributed by atoms with van der Waals surface area (Å²) in [6, 6.07) is 0. The first-order chi connectivity index (χ1) is 17.7. The van der Waals surface area contributed by atoms with Gasteiger partial charge in [0, 0.05) is 0 Å². The summed E-state index contributed by atoms with van der Waals surface area (Å²) in [5.74, 6) is -1.76. The fourth-order valence-corrected chi connectivity index (χ4v) is 2.31. The Bertz CT molecular complexity index is 735. The Hall–Kier alpha value is -2.42. The third-order valence-corrected chi connectivity index (χ3v) is 4.08. The minimum Gasteiger partial charge on any atom is -0.463 e. The van der Waals surface area contributed by atoms with Gasteiger partial charge in [-0.1, -0.05) is 19.7 Å². The Balaban J connectivity index is 0. The molecule has 0 aromatic heterocycles. The first kappa shape index (κ1) is 37.7. The van der Waals surface area contributed by atoms with E-state index in [2.05, 4.69) is 19.7 Å². The quantitative estimate of drug-likeness (QED) is 0.0720. The molecule has 0 aliphatic rings. The van der Waals surface area contributed by atoms with E-state index in [0.29, 0.717) is 0 Å². The van der Waals surface area contributed by atoms with E-state index in [4.69, 9.17) is 47.7 Å². The highest BCUT2D eigenvalue weighted by Gasteiger charge is 2.32. The monoisotopic (exact) mass is 570 g/mol. The minimum absolute atomic E-state index is 0.0836. The van der Waals surface area contributed by atoms with Crippen LogP contribution in [0.4, 0.5) is 0 Å². The van der Waals surface area contributed by atoms with E-state index in [1.807, 2.05) is 0 Å². The zero-order valence-electron chi connectivity index (χ0n) is 22.0. The maximum atomic E-state index is 11.7. The number of rotatable bonds is 19. The average Bonchev–Trinajstić information content (AvgIpc) is 2.82. The van der Waals surface area contributed by atoms with Crippen LogP contribution in [0.2, 0.25) is 0 Å². The summed E-state index contributed by atoms with van der Waals surface area (Å²) in [4.78, 5) is 56.6. The first-order valence-electron chi connectivity index (χ1n) is 11.3. The molecule has 0 saturated carbocycles. The Labute approximate surface area is 222 Å². The van der Waals surface area contributed by atoms with Crippen LogP contribution in [-0.4, -0.2) is 104 Å². The fourth-order valence-electron chi connectivity index (χ4n) is 2.31. The van der Waals surface area contributed by atoms with E-state index in [0.717, 1.165) is 0 Å². The maximum Gasteiger partial charge on any atom is 0.466 e. The Morgan fingerprint density at radius 1 is 0.658 bits per heavy atom. The highest BCUT2D eigenvalue weighted by molar-refractivity contribution is 7.45. The molecule has 0 aromatic rings. The van der Waals surface area contributed by atoms with Crippen LogP contribution in [0.25, 0.3) is 0 Å². The van der Waals surface area contributed by atoms with Crippen molar-refractivity contribution in [3.05, 3.63) is 36.5 Å². The van der Waals surface area contributed by atoms with Crippen LogP contribution in [0.1, 0.15) is 20.8 Å². The number of ether oxygens (including phenoxy) is 6. The van der Waals surface area contributed by atoms with Crippen LogP contribution in [0.15, 0.2) is 36.5 Å². The van der Waals surface area contributed by atoms with E-state index in [-0.39, 0.29) is 76.2 Å². The summed E-state index contributed by atoms with van der Waals surface area (Å²) in [5.41, 5.74) is -0.760. The summed E-state index contributed by atoms with van der Waals surface area (Å²) in [6.45, 7) is 15.4. The van der Waals surface area contributed by atoms with Gasteiger partial charge in [-0.3, -0.25) is 0 Å². The summed E-state index contributed by atoms with van der Waals surface area (Å²) < 4.78 is 40.1. The second-order valence-electron chi connectivity index (χ2n) is 7.62. The lowest BCUT2D eigenvalue weighted by molar-refractivity contribution is -0.140. The van der Waals surface area contributed by atoms with Crippen LogP contribution in [0.5, 0.6) is 0 Å².